The highest BCUT2D eigenvalue weighted by molar-refractivity contribution is 5.76. The first-order valence-corrected chi connectivity index (χ1v) is 7.90. The summed E-state index contributed by atoms with van der Waals surface area (Å²) in [6, 6.07) is 9.86. The summed E-state index contributed by atoms with van der Waals surface area (Å²) in [4.78, 5) is 11.9. The minimum Gasteiger partial charge on any atom is -0.391 e. The van der Waals surface area contributed by atoms with Crippen LogP contribution in [0.1, 0.15) is 32.8 Å². The molecular weight excluding hydrogens is 290 g/mol. The minimum absolute atomic E-state index is 0.0549. The lowest BCUT2D eigenvalue weighted by Gasteiger charge is -2.25. The monoisotopic (exact) mass is 315 g/mol. The quantitative estimate of drug-likeness (QED) is 0.860. The van der Waals surface area contributed by atoms with Crippen LogP contribution in [0, 0.1) is 5.41 Å². The zero-order valence-corrected chi connectivity index (χ0v) is 14.0. The van der Waals surface area contributed by atoms with Crippen molar-refractivity contribution in [2.45, 2.75) is 39.7 Å². The van der Waals surface area contributed by atoms with Crippen LogP contribution in [0.15, 0.2) is 42.7 Å². The molecule has 2 N–H and O–H groups in total. The molecule has 5 nitrogen and oxygen atoms in total. The zero-order chi connectivity index (χ0) is 16.9. The molecule has 0 aliphatic heterocycles. The predicted octanol–water partition coefficient (Wildman–Crippen LogP) is 2.33. The Hall–Kier alpha value is -2.14. The first kappa shape index (κ1) is 17.2. The number of aromatic nitrogens is 2. The van der Waals surface area contributed by atoms with Crippen LogP contribution >= 0.6 is 0 Å². The van der Waals surface area contributed by atoms with Crippen LogP contribution in [-0.2, 0) is 11.2 Å². The first-order chi connectivity index (χ1) is 10.9. The number of rotatable bonds is 6. The minimum atomic E-state index is -0.549. The molecule has 124 valence electrons. The molecule has 23 heavy (non-hydrogen) atoms. The Labute approximate surface area is 137 Å². The molecule has 0 aliphatic carbocycles. The molecule has 0 radical (unpaired) electrons. The van der Waals surface area contributed by atoms with Crippen molar-refractivity contribution in [1.29, 1.82) is 0 Å². The van der Waals surface area contributed by atoms with Gasteiger partial charge in [0.25, 0.3) is 0 Å². The average molecular weight is 315 g/mol. The molecule has 2 aromatic rings. The summed E-state index contributed by atoms with van der Waals surface area (Å²) in [7, 11) is 0. The maximum atomic E-state index is 11.9. The Bertz CT molecular complexity index is 629. The summed E-state index contributed by atoms with van der Waals surface area (Å²) < 4.78 is 1.80. The fourth-order valence-electron chi connectivity index (χ4n) is 2.07. The topological polar surface area (TPSA) is 67.2 Å². The number of hydrogen-bond donors (Lipinski definition) is 2. The fraction of sp³-hybridized carbons (Fsp3) is 0.444. The molecule has 0 saturated heterocycles. The summed E-state index contributed by atoms with van der Waals surface area (Å²) in [5.74, 6) is -0.0549. The maximum absolute atomic E-state index is 11.9. The molecule has 0 spiro atoms. The number of nitrogens with zero attached hydrogens (tertiary/aromatic N) is 2. The van der Waals surface area contributed by atoms with Crippen molar-refractivity contribution in [2.75, 3.05) is 6.54 Å². The van der Waals surface area contributed by atoms with E-state index in [0.717, 1.165) is 11.3 Å². The number of aryl methyl sites for hydroxylation is 1. The highest BCUT2D eigenvalue weighted by Crippen LogP contribution is 2.18. The molecule has 0 aliphatic rings. The molecular formula is C18H25N3O2. The third-order valence-electron chi connectivity index (χ3n) is 3.79. The van der Waals surface area contributed by atoms with Gasteiger partial charge in [0.05, 0.1) is 18.0 Å². The molecule has 1 heterocycles. The number of aliphatic hydroxyl groups is 1. The van der Waals surface area contributed by atoms with Crippen molar-refractivity contribution in [1.82, 2.24) is 15.1 Å². The second-order valence-electron chi connectivity index (χ2n) is 6.81. The Morgan fingerprint density at radius 1 is 1.30 bits per heavy atom. The van der Waals surface area contributed by atoms with E-state index in [4.69, 9.17) is 0 Å². The lowest BCUT2D eigenvalue weighted by atomic mass is 9.89. The van der Waals surface area contributed by atoms with Gasteiger partial charge in [0, 0.05) is 19.2 Å². The van der Waals surface area contributed by atoms with Gasteiger partial charge in [-0.15, -0.1) is 0 Å². The largest absolute Gasteiger partial charge is 0.391 e. The van der Waals surface area contributed by atoms with Crippen LogP contribution in [-0.4, -0.2) is 33.4 Å². The van der Waals surface area contributed by atoms with Gasteiger partial charge in [0.2, 0.25) is 5.91 Å². The third kappa shape index (κ3) is 5.21. The Morgan fingerprint density at radius 2 is 2.00 bits per heavy atom. The van der Waals surface area contributed by atoms with Crippen LogP contribution in [0.2, 0.25) is 0 Å². The smallest absolute Gasteiger partial charge is 0.220 e. The number of hydrogen-bond acceptors (Lipinski definition) is 3. The van der Waals surface area contributed by atoms with Gasteiger partial charge in [0.15, 0.2) is 0 Å². The van der Waals surface area contributed by atoms with Crippen LogP contribution in [0.4, 0.5) is 0 Å². The second kappa shape index (κ2) is 7.42. The molecule has 0 saturated carbocycles. The van der Waals surface area contributed by atoms with E-state index in [2.05, 4.69) is 10.4 Å². The van der Waals surface area contributed by atoms with Crippen LogP contribution in [0.5, 0.6) is 0 Å². The van der Waals surface area contributed by atoms with Gasteiger partial charge in [-0.2, -0.15) is 5.10 Å². The Morgan fingerprint density at radius 3 is 2.65 bits per heavy atom. The standard InChI is InChI=1S/C18H25N3O2/c1-18(2,3)16(22)12-19-17(23)10-9-14-11-20-21(13-14)15-7-5-4-6-8-15/h4-8,11,13,16,22H,9-10,12H2,1-3H3,(H,19,23). The van der Waals surface area contributed by atoms with E-state index in [0.29, 0.717) is 12.8 Å². The van der Waals surface area contributed by atoms with E-state index in [1.807, 2.05) is 57.3 Å². The summed E-state index contributed by atoms with van der Waals surface area (Å²) in [6.45, 7) is 6.12. The van der Waals surface area contributed by atoms with Gasteiger partial charge >= 0.3 is 0 Å². The lowest BCUT2D eigenvalue weighted by Crippen LogP contribution is -2.39. The molecule has 1 unspecified atom stereocenters. The highest BCUT2D eigenvalue weighted by Gasteiger charge is 2.22. The molecule has 0 bridgehead atoms. The molecule has 0 fully saturated rings. The van der Waals surface area contributed by atoms with Gasteiger partial charge in [-0.1, -0.05) is 39.0 Å². The van der Waals surface area contributed by atoms with Crippen molar-refractivity contribution in [2.24, 2.45) is 5.41 Å². The number of aliphatic hydroxyl groups excluding tert-OH is 1. The van der Waals surface area contributed by atoms with Crippen molar-refractivity contribution in [3.63, 3.8) is 0 Å². The SMILES string of the molecule is CC(C)(C)C(O)CNC(=O)CCc1cnn(-c2ccccc2)c1. The molecule has 1 atom stereocenters. The van der Waals surface area contributed by atoms with E-state index in [1.54, 1.807) is 10.9 Å². The van der Waals surface area contributed by atoms with E-state index < -0.39 is 6.10 Å². The van der Waals surface area contributed by atoms with E-state index in [9.17, 15) is 9.90 Å². The van der Waals surface area contributed by atoms with Crippen LogP contribution in [0.3, 0.4) is 0 Å². The van der Waals surface area contributed by atoms with Crippen molar-refractivity contribution in [3.8, 4) is 5.69 Å². The van der Waals surface area contributed by atoms with Gasteiger partial charge in [-0.3, -0.25) is 4.79 Å². The molecule has 1 aromatic carbocycles. The Kier molecular flexibility index (Phi) is 5.55. The third-order valence-corrected chi connectivity index (χ3v) is 3.79. The second-order valence-corrected chi connectivity index (χ2v) is 6.81. The molecule has 1 aromatic heterocycles. The summed E-state index contributed by atoms with van der Waals surface area (Å²) in [5.41, 5.74) is 1.78. The van der Waals surface area contributed by atoms with Gasteiger partial charge in [-0.25, -0.2) is 4.68 Å². The van der Waals surface area contributed by atoms with Crippen molar-refractivity contribution in [3.05, 3.63) is 48.3 Å². The van der Waals surface area contributed by atoms with Crippen molar-refractivity contribution < 1.29 is 9.90 Å². The number of carbonyl (C=O) groups is 1. The van der Waals surface area contributed by atoms with Crippen LogP contribution < -0.4 is 5.32 Å². The van der Waals surface area contributed by atoms with Gasteiger partial charge in [-0.05, 0) is 29.5 Å². The molecule has 2 rings (SSSR count). The van der Waals surface area contributed by atoms with Crippen LogP contribution in [0.25, 0.3) is 5.69 Å². The fourth-order valence-corrected chi connectivity index (χ4v) is 2.07. The van der Waals surface area contributed by atoms with Gasteiger partial charge in [0.1, 0.15) is 0 Å². The predicted molar refractivity (Wildman–Crippen MR) is 90.4 cm³/mol. The Balaban J connectivity index is 1.80. The first-order valence-electron chi connectivity index (χ1n) is 7.90. The van der Waals surface area contributed by atoms with E-state index in [1.165, 1.54) is 0 Å². The summed E-state index contributed by atoms with van der Waals surface area (Å²) in [6.07, 6.45) is 4.19. The number of nitrogens with one attached hydrogen (secondary N) is 1. The number of benzene rings is 1. The number of amides is 1. The number of para-hydroxylation sites is 1. The highest BCUT2D eigenvalue weighted by atomic mass is 16.3. The number of carbonyl (C=O) groups excluding carboxylic acids is 1. The van der Waals surface area contributed by atoms with Gasteiger partial charge < -0.3 is 10.4 Å². The average Bonchev–Trinajstić information content (AvgIpc) is 2.99. The molecule has 1 amide bonds. The van der Waals surface area contributed by atoms with E-state index >= 15 is 0 Å². The molecule has 5 heteroatoms. The summed E-state index contributed by atoms with van der Waals surface area (Å²) in [5, 5.41) is 17.0. The maximum Gasteiger partial charge on any atom is 0.220 e. The zero-order valence-electron chi connectivity index (χ0n) is 14.0. The normalized spacial score (nSPS) is 12.9. The summed E-state index contributed by atoms with van der Waals surface area (Å²) >= 11 is 0. The van der Waals surface area contributed by atoms with E-state index in [-0.39, 0.29) is 17.9 Å². The van der Waals surface area contributed by atoms with Crippen molar-refractivity contribution >= 4 is 5.91 Å². The lowest BCUT2D eigenvalue weighted by molar-refractivity contribution is -0.121.